The molecule has 3 heteroatoms. The lowest BCUT2D eigenvalue weighted by atomic mass is 10.0. The smallest absolute Gasteiger partial charge is 0.170 e. The van der Waals surface area contributed by atoms with E-state index < -0.39 is 0 Å². The highest BCUT2D eigenvalue weighted by atomic mass is 16.5. The van der Waals surface area contributed by atoms with Gasteiger partial charge in [0, 0.05) is 18.7 Å². The van der Waals surface area contributed by atoms with Crippen LogP contribution in [0.5, 0.6) is 5.75 Å². The Kier molecular flexibility index (Phi) is 1.93. The summed E-state index contributed by atoms with van der Waals surface area (Å²) in [6, 6.07) is 5.59. The minimum Gasteiger partial charge on any atom is -0.496 e. The first-order chi connectivity index (χ1) is 6.33. The molecule has 0 bridgehead atoms. The van der Waals surface area contributed by atoms with Gasteiger partial charge in [-0.25, -0.2) is 0 Å². The van der Waals surface area contributed by atoms with Crippen LogP contribution in [0.2, 0.25) is 0 Å². The van der Waals surface area contributed by atoms with Crippen LogP contribution in [0.4, 0.5) is 5.69 Å². The number of hydrogen-bond acceptors (Lipinski definition) is 3. The second-order valence-electron chi connectivity index (χ2n) is 2.98. The topological polar surface area (TPSA) is 38.3 Å². The molecule has 68 valence electrons. The molecule has 13 heavy (non-hydrogen) atoms. The third-order valence-corrected chi connectivity index (χ3v) is 2.19. The first kappa shape index (κ1) is 8.10. The van der Waals surface area contributed by atoms with Gasteiger partial charge in [0.05, 0.1) is 12.7 Å². The van der Waals surface area contributed by atoms with Crippen molar-refractivity contribution in [3.63, 3.8) is 0 Å². The fraction of sp³-hybridized carbons (Fsp3) is 0.300. The molecule has 0 unspecified atom stereocenters. The van der Waals surface area contributed by atoms with Crippen molar-refractivity contribution < 1.29 is 9.53 Å². The van der Waals surface area contributed by atoms with E-state index in [1.165, 1.54) is 0 Å². The van der Waals surface area contributed by atoms with Gasteiger partial charge in [-0.15, -0.1) is 0 Å². The first-order valence-electron chi connectivity index (χ1n) is 4.27. The number of fused-ring (bicyclic) bond motifs is 1. The standard InChI is InChI=1S/C10H11NO2/c1-13-9-4-2-3-7-10(9)8(12)5-6-11-7/h2-4,11H,5-6H2,1H3. The molecule has 0 aromatic heterocycles. The van der Waals surface area contributed by atoms with Gasteiger partial charge in [0.1, 0.15) is 5.75 Å². The van der Waals surface area contributed by atoms with Crippen LogP contribution in [0, 0.1) is 0 Å². The lowest BCUT2D eigenvalue weighted by Crippen LogP contribution is -2.18. The van der Waals surface area contributed by atoms with Gasteiger partial charge in [-0.3, -0.25) is 4.79 Å². The molecule has 2 rings (SSSR count). The number of carbonyl (C=O) groups excluding carboxylic acids is 1. The molecule has 1 aliphatic rings. The van der Waals surface area contributed by atoms with Crippen LogP contribution in [0.3, 0.4) is 0 Å². The lowest BCUT2D eigenvalue weighted by molar-refractivity contribution is 0.0981. The molecule has 1 aliphatic heterocycles. The molecule has 1 heterocycles. The summed E-state index contributed by atoms with van der Waals surface area (Å²) in [7, 11) is 1.58. The predicted octanol–water partition coefficient (Wildman–Crippen LogP) is 1.69. The molecule has 0 aliphatic carbocycles. The third kappa shape index (κ3) is 1.26. The van der Waals surface area contributed by atoms with Crippen LogP contribution in [-0.4, -0.2) is 19.4 Å². The summed E-state index contributed by atoms with van der Waals surface area (Å²) in [5, 5.41) is 3.17. The Bertz CT molecular complexity index is 333. The highest BCUT2D eigenvalue weighted by Gasteiger charge is 2.20. The average molecular weight is 177 g/mol. The summed E-state index contributed by atoms with van der Waals surface area (Å²) >= 11 is 0. The molecule has 0 radical (unpaired) electrons. The maximum atomic E-state index is 11.5. The largest absolute Gasteiger partial charge is 0.496 e. The van der Waals surface area contributed by atoms with E-state index in [9.17, 15) is 4.79 Å². The summed E-state index contributed by atoms with van der Waals surface area (Å²) in [5.74, 6) is 0.820. The Morgan fingerprint density at radius 1 is 1.46 bits per heavy atom. The molecule has 1 aromatic carbocycles. The molecule has 3 nitrogen and oxygen atoms in total. The van der Waals surface area contributed by atoms with Crippen molar-refractivity contribution in [1.82, 2.24) is 0 Å². The van der Waals surface area contributed by atoms with Gasteiger partial charge >= 0.3 is 0 Å². The van der Waals surface area contributed by atoms with E-state index >= 15 is 0 Å². The molecule has 0 saturated carbocycles. The number of nitrogens with one attached hydrogen (secondary N) is 1. The van der Waals surface area contributed by atoms with Gasteiger partial charge in [0.2, 0.25) is 0 Å². The number of benzene rings is 1. The van der Waals surface area contributed by atoms with Crippen molar-refractivity contribution in [1.29, 1.82) is 0 Å². The lowest BCUT2D eigenvalue weighted by Gasteiger charge is -2.18. The molecule has 0 saturated heterocycles. The highest BCUT2D eigenvalue weighted by molar-refractivity contribution is 6.05. The van der Waals surface area contributed by atoms with Crippen molar-refractivity contribution in [2.75, 3.05) is 19.0 Å². The van der Waals surface area contributed by atoms with Crippen LogP contribution >= 0.6 is 0 Å². The fourth-order valence-electron chi connectivity index (χ4n) is 1.57. The summed E-state index contributed by atoms with van der Waals surface area (Å²) < 4.78 is 5.12. The molecular weight excluding hydrogens is 166 g/mol. The zero-order chi connectivity index (χ0) is 9.26. The van der Waals surface area contributed by atoms with E-state index in [1.54, 1.807) is 7.11 Å². The minimum absolute atomic E-state index is 0.159. The van der Waals surface area contributed by atoms with E-state index in [0.29, 0.717) is 17.7 Å². The van der Waals surface area contributed by atoms with Crippen molar-refractivity contribution in [2.45, 2.75) is 6.42 Å². The zero-order valence-electron chi connectivity index (χ0n) is 7.46. The minimum atomic E-state index is 0.159. The van der Waals surface area contributed by atoms with E-state index in [2.05, 4.69) is 5.32 Å². The van der Waals surface area contributed by atoms with Crippen LogP contribution < -0.4 is 10.1 Å². The molecular formula is C10H11NO2. The van der Waals surface area contributed by atoms with Crippen molar-refractivity contribution >= 4 is 11.5 Å². The monoisotopic (exact) mass is 177 g/mol. The van der Waals surface area contributed by atoms with Crippen LogP contribution in [0.1, 0.15) is 16.8 Å². The SMILES string of the molecule is COc1cccc2c1C(=O)CCN2. The number of ether oxygens (including phenoxy) is 1. The Morgan fingerprint density at radius 2 is 2.31 bits per heavy atom. The summed E-state index contributed by atoms with van der Waals surface area (Å²) in [6.07, 6.45) is 0.549. The van der Waals surface area contributed by atoms with Gasteiger partial charge in [0.25, 0.3) is 0 Å². The Balaban J connectivity index is 2.56. The predicted molar refractivity (Wildman–Crippen MR) is 50.4 cm³/mol. The van der Waals surface area contributed by atoms with Gasteiger partial charge in [-0.05, 0) is 12.1 Å². The Morgan fingerprint density at radius 3 is 3.08 bits per heavy atom. The summed E-state index contributed by atoms with van der Waals surface area (Å²) in [5.41, 5.74) is 1.58. The van der Waals surface area contributed by atoms with Crippen molar-refractivity contribution in [3.05, 3.63) is 23.8 Å². The maximum Gasteiger partial charge on any atom is 0.170 e. The highest BCUT2D eigenvalue weighted by Crippen LogP contribution is 2.30. The molecule has 1 aromatic rings. The van der Waals surface area contributed by atoms with E-state index in [4.69, 9.17) is 4.74 Å². The number of Topliss-reactive ketones (excluding diaryl/α,β-unsaturated/α-hetero) is 1. The molecule has 0 atom stereocenters. The van der Waals surface area contributed by atoms with Gasteiger partial charge in [0.15, 0.2) is 5.78 Å². The van der Waals surface area contributed by atoms with Crippen LogP contribution in [0.15, 0.2) is 18.2 Å². The Labute approximate surface area is 76.7 Å². The average Bonchev–Trinajstić information content (AvgIpc) is 2.17. The van der Waals surface area contributed by atoms with Gasteiger partial charge < -0.3 is 10.1 Å². The first-order valence-corrected chi connectivity index (χ1v) is 4.27. The van der Waals surface area contributed by atoms with E-state index in [1.807, 2.05) is 18.2 Å². The normalized spacial score (nSPS) is 14.7. The summed E-state index contributed by atoms with van der Waals surface area (Å²) in [6.45, 7) is 0.721. The number of anilines is 1. The number of methoxy groups -OCH3 is 1. The van der Waals surface area contributed by atoms with Crippen LogP contribution in [-0.2, 0) is 0 Å². The van der Waals surface area contributed by atoms with E-state index in [0.717, 1.165) is 12.2 Å². The number of carbonyl (C=O) groups is 1. The van der Waals surface area contributed by atoms with E-state index in [-0.39, 0.29) is 5.78 Å². The van der Waals surface area contributed by atoms with Gasteiger partial charge in [-0.1, -0.05) is 6.07 Å². The molecule has 0 amide bonds. The van der Waals surface area contributed by atoms with Gasteiger partial charge in [-0.2, -0.15) is 0 Å². The number of ketones is 1. The number of hydrogen-bond donors (Lipinski definition) is 1. The fourth-order valence-corrected chi connectivity index (χ4v) is 1.57. The molecule has 0 spiro atoms. The van der Waals surface area contributed by atoms with Crippen molar-refractivity contribution in [3.8, 4) is 5.75 Å². The third-order valence-electron chi connectivity index (χ3n) is 2.19. The maximum absolute atomic E-state index is 11.5. The molecule has 1 N–H and O–H groups in total. The van der Waals surface area contributed by atoms with Crippen LogP contribution in [0.25, 0.3) is 0 Å². The van der Waals surface area contributed by atoms with Crippen molar-refractivity contribution in [2.24, 2.45) is 0 Å². The quantitative estimate of drug-likeness (QED) is 0.709. The zero-order valence-corrected chi connectivity index (χ0v) is 7.46. The second-order valence-corrected chi connectivity index (χ2v) is 2.98. The second kappa shape index (κ2) is 3.09. The summed E-state index contributed by atoms with van der Waals surface area (Å²) in [4.78, 5) is 11.5. The molecule has 0 fully saturated rings. The Hall–Kier alpha value is -1.51. The number of rotatable bonds is 1.